The summed E-state index contributed by atoms with van der Waals surface area (Å²) in [6, 6.07) is 24.4. The van der Waals surface area contributed by atoms with Gasteiger partial charge in [0.05, 0.1) is 18.7 Å². The second-order valence-electron chi connectivity index (χ2n) is 13.8. The topological polar surface area (TPSA) is 129 Å². The summed E-state index contributed by atoms with van der Waals surface area (Å²) in [5.74, 6) is 0.268. The van der Waals surface area contributed by atoms with Crippen molar-refractivity contribution in [3.05, 3.63) is 151 Å². The van der Waals surface area contributed by atoms with E-state index in [0.29, 0.717) is 83.5 Å². The van der Waals surface area contributed by atoms with E-state index in [1.807, 2.05) is 40.6 Å². The van der Waals surface area contributed by atoms with E-state index in [1.54, 1.807) is 53.6 Å². The molecule has 0 bridgehead atoms. The van der Waals surface area contributed by atoms with Gasteiger partial charge < -0.3 is 25.0 Å². The Morgan fingerprint density at radius 2 is 1.72 bits per heavy atom. The molecule has 2 N–H and O–H groups in total. The lowest BCUT2D eigenvalue weighted by Gasteiger charge is -2.38. The maximum atomic E-state index is 14.1. The van der Waals surface area contributed by atoms with Gasteiger partial charge in [0.2, 0.25) is 0 Å². The van der Waals surface area contributed by atoms with Gasteiger partial charge in [-0.3, -0.25) is 19.6 Å². The molecule has 2 saturated heterocycles. The molecule has 0 saturated carbocycles. The van der Waals surface area contributed by atoms with Gasteiger partial charge in [0.25, 0.3) is 5.91 Å². The third-order valence-corrected chi connectivity index (χ3v) is 11.6. The number of methoxy groups -OCH3 is 1. The molecule has 4 aromatic carbocycles. The van der Waals surface area contributed by atoms with Crippen molar-refractivity contribution >= 4 is 64.0 Å². The Labute approximate surface area is 347 Å². The molecule has 296 valence electrons. The van der Waals surface area contributed by atoms with E-state index in [1.165, 1.54) is 36.6 Å². The summed E-state index contributed by atoms with van der Waals surface area (Å²) >= 11 is 14.1. The Morgan fingerprint density at radius 1 is 0.966 bits per heavy atom. The fraction of sp³-hybridized carbons (Fsp3) is 0.214. The zero-order valence-electron chi connectivity index (χ0n) is 31.0. The van der Waals surface area contributed by atoms with Gasteiger partial charge in [-0.2, -0.15) is 0 Å². The monoisotopic (exact) mass is 839 g/mol. The Hall–Kier alpha value is -5.80. The lowest BCUT2D eigenvalue weighted by molar-refractivity contribution is -0.136. The van der Waals surface area contributed by atoms with Crippen LogP contribution in [-0.4, -0.2) is 84.4 Å². The SMILES string of the molecule is COC(=O)C1=C(CN2CCN3C(=O)N(c4ccc(Oc5ccc(C(=O)NCc6ccccc6Cl)cc5)cc4)C[C@@H]3C2)NC(c2nccs2)=N[C@H]1c1ccc(F)cc1Cl. The van der Waals surface area contributed by atoms with Crippen LogP contribution in [0.5, 0.6) is 11.5 Å². The molecular weight excluding hydrogens is 804 g/mol. The number of carbonyl (C=O) groups excluding carboxylic acids is 3. The molecule has 3 aliphatic heterocycles. The van der Waals surface area contributed by atoms with E-state index in [4.69, 9.17) is 37.7 Å². The number of esters is 1. The molecule has 0 aliphatic carbocycles. The van der Waals surface area contributed by atoms with Crippen molar-refractivity contribution in [1.29, 1.82) is 0 Å². The van der Waals surface area contributed by atoms with E-state index in [-0.39, 0.29) is 28.6 Å². The number of hydrogen-bond acceptors (Lipinski definition) is 10. The van der Waals surface area contributed by atoms with Gasteiger partial charge in [0.15, 0.2) is 10.8 Å². The molecule has 16 heteroatoms. The first-order valence-corrected chi connectivity index (χ1v) is 20.0. The molecule has 58 heavy (non-hydrogen) atoms. The number of amidine groups is 1. The Bertz CT molecular complexity index is 2410. The van der Waals surface area contributed by atoms with Crippen LogP contribution in [0, 0.1) is 5.82 Å². The summed E-state index contributed by atoms with van der Waals surface area (Å²) in [4.78, 5) is 54.8. The first-order valence-electron chi connectivity index (χ1n) is 18.4. The van der Waals surface area contributed by atoms with Gasteiger partial charge in [0, 0.05) is 83.4 Å². The number of hydrogen-bond donors (Lipinski definition) is 2. The number of amides is 3. The summed E-state index contributed by atoms with van der Waals surface area (Å²) in [6.07, 6.45) is 1.67. The first-order chi connectivity index (χ1) is 28.1. The molecule has 0 spiro atoms. The van der Waals surface area contributed by atoms with Crippen LogP contribution in [0.1, 0.15) is 32.5 Å². The molecular formula is C42H36Cl2FN7O5S. The quantitative estimate of drug-likeness (QED) is 0.131. The molecule has 1 aromatic heterocycles. The summed E-state index contributed by atoms with van der Waals surface area (Å²) in [5, 5.41) is 9.39. The third kappa shape index (κ3) is 8.27. The number of ether oxygens (including phenoxy) is 2. The first kappa shape index (κ1) is 39.0. The fourth-order valence-electron chi connectivity index (χ4n) is 7.25. The smallest absolute Gasteiger partial charge is 0.338 e. The lowest BCUT2D eigenvalue weighted by Crippen LogP contribution is -2.53. The number of rotatable bonds is 11. The van der Waals surface area contributed by atoms with Gasteiger partial charge in [-0.15, -0.1) is 11.3 Å². The van der Waals surface area contributed by atoms with E-state index in [2.05, 4.69) is 20.5 Å². The molecule has 5 aromatic rings. The van der Waals surface area contributed by atoms with Crippen LogP contribution in [0.3, 0.4) is 0 Å². The molecule has 2 atom stereocenters. The highest BCUT2D eigenvalue weighted by Crippen LogP contribution is 2.37. The number of nitrogens with one attached hydrogen (secondary N) is 2. The van der Waals surface area contributed by atoms with Crippen LogP contribution in [0.25, 0.3) is 0 Å². The Kier molecular flexibility index (Phi) is 11.4. The number of halogens is 3. The largest absolute Gasteiger partial charge is 0.466 e. The average molecular weight is 841 g/mol. The van der Waals surface area contributed by atoms with Crippen molar-refractivity contribution < 1.29 is 28.2 Å². The van der Waals surface area contributed by atoms with Crippen molar-refractivity contribution in [3.8, 4) is 11.5 Å². The normalized spacial score (nSPS) is 18.1. The summed E-state index contributed by atoms with van der Waals surface area (Å²) < 4.78 is 25.4. The van der Waals surface area contributed by atoms with Gasteiger partial charge in [-0.1, -0.05) is 47.5 Å². The van der Waals surface area contributed by atoms with Crippen LogP contribution >= 0.6 is 34.5 Å². The standard InChI is InChI=1S/C42H36Cl2FN7O5S/c1-56-41(54)36-35(48-38(40-46-16-19-58-40)49-37(36)32-15-8-27(45)20-34(32)44)24-50-17-18-51-29(22-50)23-52(42(51)55)28-9-13-31(14-10-28)57-30-11-6-25(7-12-30)39(53)47-21-26-4-2-3-5-33(26)43/h2-16,19-20,29,37H,17-18,21-24H2,1H3,(H,47,53)(H,48,49)/t29-,37-/m0/s1. The zero-order chi connectivity index (χ0) is 40.3. The minimum absolute atomic E-state index is 0.0869. The van der Waals surface area contributed by atoms with Crippen molar-refractivity contribution in [2.75, 3.05) is 44.7 Å². The van der Waals surface area contributed by atoms with E-state index >= 15 is 0 Å². The van der Waals surface area contributed by atoms with Crippen LogP contribution in [0.2, 0.25) is 10.0 Å². The number of fused-ring (bicyclic) bond motifs is 1. The van der Waals surface area contributed by atoms with Crippen LogP contribution in [0.15, 0.2) is 119 Å². The average Bonchev–Trinajstić information content (AvgIpc) is 3.89. The predicted octanol–water partition coefficient (Wildman–Crippen LogP) is 7.46. The number of anilines is 1. The summed E-state index contributed by atoms with van der Waals surface area (Å²) in [7, 11) is 1.30. The number of thiazole rings is 1. The number of nitrogens with zero attached hydrogens (tertiary/aromatic N) is 5. The fourth-order valence-corrected chi connectivity index (χ4v) is 8.31. The second-order valence-corrected chi connectivity index (χ2v) is 15.5. The summed E-state index contributed by atoms with van der Waals surface area (Å²) in [6.45, 7) is 2.68. The molecule has 8 rings (SSSR count). The Balaban J connectivity index is 0.924. The van der Waals surface area contributed by atoms with Crippen LogP contribution in [-0.2, 0) is 16.1 Å². The van der Waals surface area contributed by atoms with Gasteiger partial charge in [-0.05, 0) is 72.3 Å². The van der Waals surface area contributed by atoms with Gasteiger partial charge in [-0.25, -0.2) is 19.0 Å². The Morgan fingerprint density at radius 3 is 2.43 bits per heavy atom. The minimum Gasteiger partial charge on any atom is -0.466 e. The van der Waals surface area contributed by atoms with Crippen molar-refractivity contribution in [3.63, 3.8) is 0 Å². The highest BCUT2D eigenvalue weighted by molar-refractivity contribution is 7.11. The summed E-state index contributed by atoms with van der Waals surface area (Å²) in [5.41, 5.74) is 3.33. The maximum Gasteiger partial charge on any atom is 0.338 e. The van der Waals surface area contributed by atoms with Crippen molar-refractivity contribution in [2.45, 2.75) is 18.6 Å². The van der Waals surface area contributed by atoms with Gasteiger partial charge >= 0.3 is 12.0 Å². The zero-order valence-corrected chi connectivity index (χ0v) is 33.4. The molecule has 3 aliphatic rings. The van der Waals surface area contributed by atoms with E-state index in [0.717, 1.165) is 11.3 Å². The lowest BCUT2D eigenvalue weighted by atomic mass is 9.95. The molecule has 4 heterocycles. The molecule has 3 amide bonds. The number of urea groups is 1. The maximum absolute atomic E-state index is 14.1. The van der Waals surface area contributed by atoms with E-state index in [9.17, 15) is 18.8 Å². The number of aliphatic imine (C=N–C) groups is 1. The highest BCUT2D eigenvalue weighted by Gasteiger charge is 2.42. The van der Waals surface area contributed by atoms with Crippen molar-refractivity contribution in [2.24, 2.45) is 4.99 Å². The highest BCUT2D eigenvalue weighted by atomic mass is 35.5. The van der Waals surface area contributed by atoms with E-state index < -0.39 is 17.8 Å². The molecule has 12 nitrogen and oxygen atoms in total. The molecule has 0 radical (unpaired) electrons. The molecule has 2 fully saturated rings. The van der Waals surface area contributed by atoms with Crippen LogP contribution < -0.4 is 20.3 Å². The van der Waals surface area contributed by atoms with Crippen molar-refractivity contribution in [1.82, 2.24) is 25.4 Å². The predicted molar refractivity (Wildman–Crippen MR) is 220 cm³/mol. The number of aromatic nitrogens is 1. The third-order valence-electron chi connectivity index (χ3n) is 10.1. The second kappa shape index (κ2) is 17.0. The number of benzene rings is 4. The number of carbonyl (C=O) groups is 3. The molecule has 0 unspecified atom stereocenters. The van der Waals surface area contributed by atoms with Crippen LogP contribution in [0.4, 0.5) is 14.9 Å². The minimum atomic E-state index is -0.871. The number of piperazine rings is 1. The van der Waals surface area contributed by atoms with Gasteiger partial charge in [0.1, 0.15) is 23.4 Å².